The normalized spacial score (nSPS) is 10.5. The van der Waals surface area contributed by atoms with Gasteiger partial charge in [0.1, 0.15) is 10.2 Å². The summed E-state index contributed by atoms with van der Waals surface area (Å²) in [6, 6.07) is 7.16. The summed E-state index contributed by atoms with van der Waals surface area (Å²) in [5.74, 6) is 0. The summed E-state index contributed by atoms with van der Waals surface area (Å²) in [6.45, 7) is 0. The first kappa shape index (κ1) is 10.9. The molecule has 0 saturated heterocycles. The van der Waals surface area contributed by atoms with Gasteiger partial charge in [0, 0.05) is 5.39 Å². The van der Waals surface area contributed by atoms with E-state index < -0.39 is 0 Å². The standard InChI is InChI=1S/C10H6N2O2S.ClH/c13-8-5-3-1-2-4-6(5)11-10-7(8)9(14)12-15-10;/h1-4H,(H,11,13)(H,12,14);1H. The SMILES string of the molecule is Cl.O=c1[nH]sc2[nH]c3ccccc3c(=O)c12. The Morgan fingerprint density at radius 1 is 1.12 bits per heavy atom. The molecule has 0 amide bonds. The number of fused-ring (bicyclic) bond motifs is 2. The molecule has 16 heavy (non-hydrogen) atoms. The summed E-state index contributed by atoms with van der Waals surface area (Å²) in [6.07, 6.45) is 0. The lowest BCUT2D eigenvalue weighted by Crippen LogP contribution is -2.11. The highest BCUT2D eigenvalue weighted by molar-refractivity contribution is 7.12. The maximum atomic E-state index is 11.9. The second-order valence-electron chi connectivity index (χ2n) is 3.24. The van der Waals surface area contributed by atoms with E-state index in [1.807, 2.05) is 12.1 Å². The van der Waals surface area contributed by atoms with Gasteiger partial charge in [-0.05, 0) is 23.7 Å². The van der Waals surface area contributed by atoms with Crippen LogP contribution in [0.15, 0.2) is 33.9 Å². The summed E-state index contributed by atoms with van der Waals surface area (Å²) in [7, 11) is 0. The average Bonchev–Trinajstić information content (AvgIpc) is 2.61. The molecule has 2 N–H and O–H groups in total. The molecule has 2 heterocycles. The van der Waals surface area contributed by atoms with Gasteiger partial charge in [-0.1, -0.05) is 12.1 Å². The summed E-state index contributed by atoms with van der Waals surface area (Å²) < 4.78 is 2.55. The number of H-pyrrole nitrogens is 2. The van der Waals surface area contributed by atoms with E-state index in [9.17, 15) is 9.59 Å². The molecular weight excluding hydrogens is 248 g/mol. The molecule has 0 saturated carbocycles. The molecule has 1 aromatic carbocycles. The lowest BCUT2D eigenvalue weighted by Gasteiger charge is -1.95. The first-order valence-corrected chi connectivity index (χ1v) is 5.21. The summed E-state index contributed by atoms with van der Waals surface area (Å²) in [5, 5.41) is 0.771. The van der Waals surface area contributed by atoms with Crippen molar-refractivity contribution in [2.24, 2.45) is 0 Å². The van der Waals surface area contributed by atoms with Gasteiger partial charge < -0.3 is 4.98 Å². The maximum absolute atomic E-state index is 11.9. The topological polar surface area (TPSA) is 65.7 Å². The maximum Gasteiger partial charge on any atom is 0.271 e. The Bertz CT molecular complexity index is 771. The van der Waals surface area contributed by atoms with Crippen LogP contribution in [0.4, 0.5) is 0 Å². The van der Waals surface area contributed by atoms with Crippen molar-refractivity contribution in [1.82, 2.24) is 9.36 Å². The van der Waals surface area contributed by atoms with Gasteiger partial charge in [-0.25, -0.2) is 0 Å². The quantitative estimate of drug-likeness (QED) is 0.643. The zero-order valence-electron chi connectivity index (χ0n) is 7.94. The number of halogens is 1. The molecule has 82 valence electrons. The molecule has 0 radical (unpaired) electrons. The number of rotatable bonds is 0. The van der Waals surface area contributed by atoms with E-state index in [1.165, 1.54) is 0 Å². The Kier molecular flexibility index (Phi) is 2.57. The minimum Gasteiger partial charge on any atom is -0.345 e. The van der Waals surface area contributed by atoms with Crippen molar-refractivity contribution in [2.75, 3.05) is 0 Å². The molecule has 0 atom stereocenters. The van der Waals surface area contributed by atoms with E-state index >= 15 is 0 Å². The third kappa shape index (κ3) is 1.36. The van der Waals surface area contributed by atoms with Crippen LogP contribution in [-0.2, 0) is 0 Å². The second-order valence-corrected chi connectivity index (χ2v) is 4.05. The molecule has 0 aliphatic carbocycles. The molecule has 4 nitrogen and oxygen atoms in total. The predicted octanol–water partition coefficient (Wildman–Crippen LogP) is 1.85. The fourth-order valence-electron chi connectivity index (χ4n) is 1.64. The van der Waals surface area contributed by atoms with Gasteiger partial charge in [0.05, 0.1) is 5.52 Å². The van der Waals surface area contributed by atoms with Crippen molar-refractivity contribution < 1.29 is 0 Å². The highest BCUT2D eigenvalue weighted by Gasteiger charge is 2.09. The van der Waals surface area contributed by atoms with E-state index in [0.29, 0.717) is 10.2 Å². The molecule has 0 aliphatic rings. The van der Waals surface area contributed by atoms with Crippen molar-refractivity contribution in [2.45, 2.75) is 0 Å². The Hall–Kier alpha value is -1.59. The van der Waals surface area contributed by atoms with Gasteiger partial charge in [-0.3, -0.25) is 14.0 Å². The molecule has 3 rings (SSSR count). The second kappa shape index (κ2) is 3.77. The van der Waals surface area contributed by atoms with Crippen molar-refractivity contribution in [3.8, 4) is 0 Å². The van der Waals surface area contributed by atoms with Gasteiger partial charge in [0.25, 0.3) is 5.56 Å². The number of hydrogen-bond acceptors (Lipinski definition) is 3. The third-order valence-corrected chi connectivity index (χ3v) is 3.14. The van der Waals surface area contributed by atoms with E-state index in [4.69, 9.17) is 0 Å². The Labute approximate surface area is 99.5 Å². The first-order valence-electron chi connectivity index (χ1n) is 4.39. The van der Waals surface area contributed by atoms with Crippen molar-refractivity contribution >= 4 is 45.1 Å². The van der Waals surface area contributed by atoms with Crippen LogP contribution in [0.1, 0.15) is 0 Å². The van der Waals surface area contributed by atoms with E-state index in [1.54, 1.807) is 12.1 Å². The zero-order valence-corrected chi connectivity index (χ0v) is 9.58. The number of pyridine rings is 1. The fraction of sp³-hybridized carbons (Fsp3) is 0. The number of benzene rings is 1. The van der Waals surface area contributed by atoms with Crippen LogP contribution in [-0.4, -0.2) is 9.36 Å². The van der Waals surface area contributed by atoms with Crippen LogP contribution < -0.4 is 11.0 Å². The first-order chi connectivity index (χ1) is 7.27. The third-order valence-electron chi connectivity index (χ3n) is 2.35. The molecule has 0 unspecified atom stereocenters. The highest BCUT2D eigenvalue weighted by atomic mass is 35.5. The number of hydrogen-bond donors (Lipinski definition) is 2. The van der Waals surface area contributed by atoms with Crippen LogP contribution in [0, 0.1) is 0 Å². The number of para-hydroxylation sites is 1. The Morgan fingerprint density at radius 3 is 2.69 bits per heavy atom. The Morgan fingerprint density at radius 2 is 1.88 bits per heavy atom. The van der Waals surface area contributed by atoms with Crippen LogP contribution in [0.25, 0.3) is 21.1 Å². The molecule has 0 bridgehead atoms. The molecule has 2 aromatic heterocycles. The lowest BCUT2D eigenvalue weighted by molar-refractivity contribution is 1.45. The smallest absolute Gasteiger partial charge is 0.271 e. The molecule has 3 aromatic rings. The van der Waals surface area contributed by atoms with Crippen LogP contribution in [0.5, 0.6) is 0 Å². The molecule has 0 aliphatic heterocycles. The average molecular weight is 255 g/mol. The van der Waals surface area contributed by atoms with Gasteiger partial charge in [-0.15, -0.1) is 12.4 Å². The fourth-order valence-corrected chi connectivity index (χ4v) is 2.39. The van der Waals surface area contributed by atoms with E-state index in [0.717, 1.165) is 17.0 Å². The molecule has 0 fully saturated rings. The monoisotopic (exact) mass is 254 g/mol. The lowest BCUT2D eigenvalue weighted by atomic mass is 10.2. The minimum atomic E-state index is -0.318. The molecule has 0 spiro atoms. The summed E-state index contributed by atoms with van der Waals surface area (Å²) in [4.78, 5) is 27.0. The van der Waals surface area contributed by atoms with Gasteiger partial charge in [-0.2, -0.15) is 0 Å². The van der Waals surface area contributed by atoms with Crippen LogP contribution >= 0.6 is 23.9 Å². The van der Waals surface area contributed by atoms with E-state index in [-0.39, 0.29) is 28.8 Å². The summed E-state index contributed by atoms with van der Waals surface area (Å²) in [5.41, 5.74) is 0.231. The summed E-state index contributed by atoms with van der Waals surface area (Å²) >= 11 is 1.15. The van der Waals surface area contributed by atoms with Crippen molar-refractivity contribution in [3.63, 3.8) is 0 Å². The van der Waals surface area contributed by atoms with Crippen molar-refractivity contribution in [1.29, 1.82) is 0 Å². The van der Waals surface area contributed by atoms with Gasteiger partial charge >= 0.3 is 0 Å². The van der Waals surface area contributed by atoms with E-state index in [2.05, 4.69) is 9.36 Å². The van der Waals surface area contributed by atoms with Crippen LogP contribution in [0.2, 0.25) is 0 Å². The zero-order chi connectivity index (χ0) is 10.4. The number of nitrogens with one attached hydrogen (secondary N) is 2. The molecular formula is C10H7ClN2O2S. The predicted molar refractivity (Wildman–Crippen MR) is 67.8 cm³/mol. The highest BCUT2D eigenvalue weighted by Crippen LogP contribution is 2.13. The van der Waals surface area contributed by atoms with Gasteiger partial charge in [0.2, 0.25) is 5.43 Å². The largest absolute Gasteiger partial charge is 0.345 e. The minimum absolute atomic E-state index is 0. The molecule has 6 heteroatoms. The van der Waals surface area contributed by atoms with Gasteiger partial charge in [0.15, 0.2) is 0 Å². The van der Waals surface area contributed by atoms with Crippen molar-refractivity contribution in [3.05, 3.63) is 44.8 Å². The van der Waals surface area contributed by atoms with Crippen LogP contribution in [0.3, 0.4) is 0 Å². The Balaban J connectivity index is 0.000000963. The number of aromatic amines is 2. The number of aromatic nitrogens is 2.